The number of hydrogen-bond donors (Lipinski definition) is 2. The van der Waals surface area contributed by atoms with E-state index in [-0.39, 0.29) is 0 Å². The van der Waals surface area contributed by atoms with Gasteiger partial charge in [0.05, 0.1) is 29.1 Å². The Balaban J connectivity index is 1.93. The number of imidazole rings is 1. The van der Waals surface area contributed by atoms with Gasteiger partial charge in [0.1, 0.15) is 0 Å². The highest BCUT2D eigenvalue weighted by Crippen LogP contribution is 2.28. The molecule has 2 N–H and O–H groups in total. The van der Waals surface area contributed by atoms with Crippen molar-refractivity contribution in [3.63, 3.8) is 0 Å². The number of H-pyrrole nitrogens is 1. The van der Waals surface area contributed by atoms with Crippen molar-refractivity contribution in [3.05, 3.63) is 53.2 Å². The van der Waals surface area contributed by atoms with Crippen LogP contribution >= 0.6 is 11.6 Å². The van der Waals surface area contributed by atoms with Crippen molar-refractivity contribution >= 4 is 28.2 Å². The highest BCUT2D eigenvalue weighted by Gasteiger charge is 2.06. The van der Waals surface area contributed by atoms with Crippen molar-refractivity contribution in [3.8, 4) is 0 Å². The van der Waals surface area contributed by atoms with Crippen LogP contribution in [0.2, 0.25) is 5.02 Å². The molecule has 2 aromatic heterocycles. The standard InChI is InChI=1S/C14H13ClN4/c1-9-13(19-8-18-9)7-17-12-5-4-11(15)14-10(12)3-2-6-16-14/h2-6,8,17H,7H2,1H3,(H,18,19). The first kappa shape index (κ1) is 12.0. The summed E-state index contributed by atoms with van der Waals surface area (Å²) in [5, 5.41) is 5.06. The third kappa shape index (κ3) is 2.27. The lowest BCUT2D eigenvalue weighted by Crippen LogP contribution is -2.02. The van der Waals surface area contributed by atoms with Crippen LogP contribution in [0.15, 0.2) is 36.8 Å². The molecule has 0 atom stereocenters. The van der Waals surface area contributed by atoms with Crippen LogP contribution < -0.4 is 5.32 Å². The monoisotopic (exact) mass is 272 g/mol. The zero-order valence-electron chi connectivity index (χ0n) is 10.4. The van der Waals surface area contributed by atoms with Crippen LogP contribution in [0.25, 0.3) is 10.9 Å². The molecule has 1 aromatic carbocycles. The molecule has 0 saturated heterocycles. The maximum absolute atomic E-state index is 6.15. The molecule has 3 aromatic rings. The summed E-state index contributed by atoms with van der Waals surface area (Å²) >= 11 is 6.15. The van der Waals surface area contributed by atoms with E-state index in [4.69, 9.17) is 11.6 Å². The van der Waals surface area contributed by atoms with E-state index in [9.17, 15) is 0 Å². The minimum atomic E-state index is 0.664. The largest absolute Gasteiger partial charge is 0.379 e. The molecule has 0 fully saturated rings. The summed E-state index contributed by atoms with van der Waals surface area (Å²) in [7, 11) is 0. The van der Waals surface area contributed by atoms with Gasteiger partial charge in [-0.3, -0.25) is 4.98 Å². The number of fused-ring (bicyclic) bond motifs is 1. The second kappa shape index (κ2) is 4.90. The molecule has 5 heteroatoms. The molecule has 0 aliphatic carbocycles. The average molecular weight is 273 g/mol. The van der Waals surface area contributed by atoms with Crippen LogP contribution in [0, 0.1) is 6.92 Å². The number of halogens is 1. The maximum atomic E-state index is 6.15. The van der Waals surface area contributed by atoms with Gasteiger partial charge < -0.3 is 10.3 Å². The fourth-order valence-corrected chi connectivity index (χ4v) is 2.25. The van der Waals surface area contributed by atoms with E-state index in [0.29, 0.717) is 11.6 Å². The predicted molar refractivity (Wildman–Crippen MR) is 77.4 cm³/mol. The zero-order chi connectivity index (χ0) is 13.2. The number of aromatic nitrogens is 3. The van der Waals surface area contributed by atoms with Gasteiger partial charge in [0.2, 0.25) is 0 Å². The van der Waals surface area contributed by atoms with Gasteiger partial charge in [-0.25, -0.2) is 4.98 Å². The molecule has 0 spiro atoms. The van der Waals surface area contributed by atoms with Crippen molar-refractivity contribution in [2.24, 2.45) is 0 Å². The van der Waals surface area contributed by atoms with Crippen molar-refractivity contribution in [1.29, 1.82) is 0 Å². The Bertz CT molecular complexity index is 720. The predicted octanol–water partition coefficient (Wildman–Crippen LogP) is 3.53. The molecule has 19 heavy (non-hydrogen) atoms. The van der Waals surface area contributed by atoms with Gasteiger partial charge in [0.15, 0.2) is 0 Å². The summed E-state index contributed by atoms with van der Waals surface area (Å²) in [4.78, 5) is 11.6. The Hall–Kier alpha value is -2.07. The lowest BCUT2D eigenvalue weighted by Gasteiger charge is -2.09. The van der Waals surface area contributed by atoms with Gasteiger partial charge in [-0.2, -0.15) is 0 Å². The average Bonchev–Trinajstić information content (AvgIpc) is 2.84. The third-order valence-corrected chi connectivity index (χ3v) is 3.41. The molecular weight excluding hydrogens is 260 g/mol. The third-order valence-electron chi connectivity index (χ3n) is 3.10. The molecule has 0 radical (unpaired) electrons. The van der Waals surface area contributed by atoms with E-state index in [1.54, 1.807) is 12.5 Å². The highest BCUT2D eigenvalue weighted by atomic mass is 35.5. The van der Waals surface area contributed by atoms with Crippen LogP contribution in [0.5, 0.6) is 0 Å². The lowest BCUT2D eigenvalue weighted by atomic mass is 10.2. The zero-order valence-corrected chi connectivity index (χ0v) is 11.2. The number of aromatic amines is 1. The first-order chi connectivity index (χ1) is 9.25. The number of benzene rings is 1. The minimum absolute atomic E-state index is 0.664. The second-order valence-corrected chi connectivity index (χ2v) is 4.73. The van der Waals surface area contributed by atoms with E-state index in [1.165, 1.54) is 0 Å². The molecule has 2 heterocycles. The Morgan fingerprint density at radius 3 is 2.95 bits per heavy atom. The van der Waals surface area contributed by atoms with E-state index in [2.05, 4.69) is 20.3 Å². The molecule has 96 valence electrons. The molecule has 4 nitrogen and oxygen atoms in total. The summed E-state index contributed by atoms with van der Waals surface area (Å²) < 4.78 is 0. The fourth-order valence-electron chi connectivity index (χ4n) is 2.04. The van der Waals surface area contributed by atoms with Crippen molar-refractivity contribution < 1.29 is 0 Å². The molecule has 0 saturated carbocycles. The van der Waals surface area contributed by atoms with Crippen LogP contribution in [-0.2, 0) is 6.54 Å². The second-order valence-electron chi connectivity index (χ2n) is 4.32. The summed E-state index contributed by atoms with van der Waals surface area (Å²) in [5.41, 5.74) is 3.90. The van der Waals surface area contributed by atoms with E-state index in [0.717, 1.165) is 28.0 Å². The van der Waals surface area contributed by atoms with Gasteiger partial charge in [0, 0.05) is 23.0 Å². The van der Waals surface area contributed by atoms with Crippen LogP contribution in [-0.4, -0.2) is 15.0 Å². The number of rotatable bonds is 3. The molecule has 3 rings (SSSR count). The van der Waals surface area contributed by atoms with E-state index in [1.807, 2.05) is 31.2 Å². The number of nitrogens with zero attached hydrogens (tertiary/aromatic N) is 2. The highest BCUT2D eigenvalue weighted by molar-refractivity contribution is 6.35. The number of aryl methyl sites for hydroxylation is 1. The first-order valence-electron chi connectivity index (χ1n) is 6.01. The van der Waals surface area contributed by atoms with Gasteiger partial charge in [-0.05, 0) is 31.2 Å². The molecule has 0 amide bonds. The number of hydrogen-bond acceptors (Lipinski definition) is 3. The number of anilines is 1. The summed E-state index contributed by atoms with van der Waals surface area (Å²) in [5.74, 6) is 0. The summed E-state index contributed by atoms with van der Waals surface area (Å²) in [6, 6.07) is 7.74. The lowest BCUT2D eigenvalue weighted by molar-refractivity contribution is 1.05. The number of nitrogens with one attached hydrogen (secondary N) is 2. The normalized spacial score (nSPS) is 10.8. The SMILES string of the molecule is Cc1[nH]cnc1CNc1ccc(Cl)c2ncccc12. The Kier molecular flexibility index (Phi) is 3.09. The fraction of sp³-hybridized carbons (Fsp3) is 0.143. The van der Waals surface area contributed by atoms with Gasteiger partial charge in [-0.1, -0.05) is 11.6 Å². The first-order valence-corrected chi connectivity index (χ1v) is 6.39. The molecule has 0 aliphatic heterocycles. The topological polar surface area (TPSA) is 53.6 Å². The van der Waals surface area contributed by atoms with Crippen LogP contribution in [0.4, 0.5) is 5.69 Å². The van der Waals surface area contributed by atoms with Crippen LogP contribution in [0.1, 0.15) is 11.4 Å². The maximum Gasteiger partial charge on any atom is 0.0925 e. The molecule has 0 bridgehead atoms. The van der Waals surface area contributed by atoms with E-state index >= 15 is 0 Å². The van der Waals surface area contributed by atoms with Crippen molar-refractivity contribution in [2.45, 2.75) is 13.5 Å². The van der Waals surface area contributed by atoms with Gasteiger partial charge in [-0.15, -0.1) is 0 Å². The van der Waals surface area contributed by atoms with Crippen molar-refractivity contribution in [1.82, 2.24) is 15.0 Å². The Morgan fingerprint density at radius 2 is 2.16 bits per heavy atom. The van der Waals surface area contributed by atoms with E-state index < -0.39 is 0 Å². The summed E-state index contributed by atoms with van der Waals surface area (Å²) in [6.45, 7) is 2.67. The van der Waals surface area contributed by atoms with Gasteiger partial charge >= 0.3 is 0 Å². The van der Waals surface area contributed by atoms with Crippen LogP contribution in [0.3, 0.4) is 0 Å². The Morgan fingerprint density at radius 1 is 1.26 bits per heavy atom. The van der Waals surface area contributed by atoms with Crippen molar-refractivity contribution in [2.75, 3.05) is 5.32 Å². The smallest absolute Gasteiger partial charge is 0.0925 e. The molecule has 0 aliphatic rings. The van der Waals surface area contributed by atoms with Gasteiger partial charge in [0.25, 0.3) is 0 Å². The molecule has 0 unspecified atom stereocenters. The number of pyridine rings is 1. The molecular formula is C14H13ClN4. The Labute approximate surface area is 115 Å². The minimum Gasteiger partial charge on any atom is -0.379 e. The summed E-state index contributed by atoms with van der Waals surface area (Å²) in [6.07, 6.45) is 3.45. The quantitative estimate of drug-likeness (QED) is 0.767.